The summed E-state index contributed by atoms with van der Waals surface area (Å²) in [5.74, 6) is 2.10. The molecule has 0 fully saturated rings. The Kier molecular flexibility index (Phi) is 2.98. The third kappa shape index (κ3) is 1.72. The van der Waals surface area contributed by atoms with E-state index in [9.17, 15) is 0 Å². The second-order valence-electron chi connectivity index (χ2n) is 4.83. The van der Waals surface area contributed by atoms with Gasteiger partial charge in [0.1, 0.15) is 11.2 Å². The molecule has 0 aliphatic carbocycles. The van der Waals surface area contributed by atoms with Crippen LogP contribution in [-0.4, -0.2) is 20.9 Å². The molecule has 94 valence electrons. The first-order valence-electron chi connectivity index (χ1n) is 5.92. The van der Waals surface area contributed by atoms with Crippen LogP contribution in [0.3, 0.4) is 0 Å². The van der Waals surface area contributed by atoms with Crippen molar-refractivity contribution in [3.8, 4) is 5.69 Å². The van der Waals surface area contributed by atoms with Gasteiger partial charge in [-0.05, 0) is 30.8 Å². The van der Waals surface area contributed by atoms with E-state index >= 15 is 0 Å². The largest absolute Gasteiger partial charge is 0.302 e. The van der Waals surface area contributed by atoms with Crippen LogP contribution in [0.15, 0.2) is 35.5 Å². The van der Waals surface area contributed by atoms with E-state index in [0.29, 0.717) is 0 Å². The Morgan fingerprint density at radius 3 is 2.83 bits per heavy atom. The SMILES string of the molecule is Cc1nn2c([n+]1-c1ccccc1)SC[C@@]2(C)CBr. The van der Waals surface area contributed by atoms with Gasteiger partial charge in [0.2, 0.25) is 0 Å². The van der Waals surface area contributed by atoms with Gasteiger partial charge in [0.05, 0.1) is 0 Å². The lowest BCUT2D eigenvalue weighted by molar-refractivity contribution is -0.644. The van der Waals surface area contributed by atoms with Gasteiger partial charge < -0.3 is 0 Å². The zero-order valence-electron chi connectivity index (χ0n) is 10.4. The highest BCUT2D eigenvalue weighted by Crippen LogP contribution is 2.36. The summed E-state index contributed by atoms with van der Waals surface area (Å²) in [6.45, 7) is 4.31. The van der Waals surface area contributed by atoms with Crippen molar-refractivity contribution in [1.29, 1.82) is 0 Å². The quantitative estimate of drug-likeness (QED) is 0.625. The molecule has 3 nitrogen and oxygen atoms in total. The maximum Gasteiger partial charge on any atom is 0.302 e. The zero-order chi connectivity index (χ0) is 12.8. The Hall–Kier alpha value is -0.810. The second kappa shape index (κ2) is 4.38. The van der Waals surface area contributed by atoms with E-state index < -0.39 is 0 Å². The fourth-order valence-corrected chi connectivity index (χ4v) is 4.31. The van der Waals surface area contributed by atoms with Crippen LogP contribution in [0.1, 0.15) is 12.7 Å². The molecular weight excluding hydrogens is 310 g/mol. The van der Waals surface area contributed by atoms with Crippen LogP contribution in [0.4, 0.5) is 0 Å². The molecule has 0 bridgehead atoms. The number of alkyl halides is 1. The van der Waals surface area contributed by atoms with E-state index in [1.54, 1.807) is 0 Å². The summed E-state index contributed by atoms with van der Waals surface area (Å²) in [6, 6.07) is 10.4. The number of rotatable bonds is 2. The monoisotopic (exact) mass is 324 g/mol. The van der Waals surface area contributed by atoms with Gasteiger partial charge in [-0.1, -0.05) is 38.8 Å². The molecule has 0 saturated heterocycles. The van der Waals surface area contributed by atoms with E-state index in [2.05, 4.69) is 63.3 Å². The Morgan fingerprint density at radius 1 is 1.44 bits per heavy atom. The molecule has 1 aromatic heterocycles. The molecule has 0 radical (unpaired) electrons. The number of hydrogen-bond acceptors (Lipinski definition) is 2. The minimum Gasteiger partial charge on any atom is -0.189 e. The number of aryl methyl sites for hydroxylation is 1. The summed E-state index contributed by atoms with van der Waals surface area (Å²) in [4.78, 5) is 0. The first kappa shape index (κ1) is 12.2. The Bertz CT molecular complexity index is 581. The molecule has 1 aliphatic heterocycles. The second-order valence-corrected chi connectivity index (χ2v) is 6.34. The molecule has 0 saturated carbocycles. The zero-order valence-corrected chi connectivity index (χ0v) is 12.8. The summed E-state index contributed by atoms with van der Waals surface area (Å²) in [5.41, 5.74) is 1.26. The summed E-state index contributed by atoms with van der Waals surface area (Å²) in [6.07, 6.45) is 0. The first-order valence-corrected chi connectivity index (χ1v) is 8.03. The van der Waals surface area contributed by atoms with Gasteiger partial charge in [0, 0.05) is 23.1 Å². The standard InChI is InChI=1S/C13H15BrN3S/c1-10-15-17-12(18-9-13(17,2)8-14)16(10)11-6-4-3-5-7-11/h3-7H,8-9H2,1-2H3/q+1/t13-/m1/s1. The summed E-state index contributed by atoms with van der Waals surface area (Å²) >= 11 is 5.48. The minimum absolute atomic E-state index is 0.0742. The molecule has 0 N–H and O–H groups in total. The van der Waals surface area contributed by atoms with Crippen molar-refractivity contribution in [1.82, 2.24) is 9.78 Å². The van der Waals surface area contributed by atoms with Crippen LogP contribution in [0, 0.1) is 6.92 Å². The van der Waals surface area contributed by atoms with Crippen molar-refractivity contribution in [3.05, 3.63) is 36.2 Å². The lowest BCUT2D eigenvalue weighted by atomic mass is 10.1. The van der Waals surface area contributed by atoms with Gasteiger partial charge >= 0.3 is 5.16 Å². The van der Waals surface area contributed by atoms with Crippen LogP contribution in [-0.2, 0) is 5.54 Å². The number of fused-ring (bicyclic) bond motifs is 1. The van der Waals surface area contributed by atoms with Crippen LogP contribution in [0.5, 0.6) is 0 Å². The Balaban J connectivity index is 2.17. The predicted octanol–water partition coefficient (Wildman–Crippen LogP) is 2.68. The van der Waals surface area contributed by atoms with Crippen LogP contribution in [0.2, 0.25) is 0 Å². The average molecular weight is 325 g/mol. The molecule has 0 spiro atoms. The van der Waals surface area contributed by atoms with Crippen molar-refractivity contribution in [2.24, 2.45) is 0 Å². The average Bonchev–Trinajstić information content (AvgIpc) is 2.89. The third-order valence-corrected chi connectivity index (χ3v) is 5.85. The number of nitrogens with zero attached hydrogens (tertiary/aromatic N) is 3. The highest BCUT2D eigenvalue weighted by Gasteiger charge is 2.45. The van der Waals surface area contributed by atoms with Crippen LogP contribution in [0.25, 0.3) is 5.69 Å². The van der Waals surface area contributed by atoms with Gasteiger partial charge in [-0.25, -0.2) is 0 Å². The van der Waals surface area contributed by atoms with E-state index in [1.165, 1.54) is 10.8 Å². The van der Waals surface area contributed by atoms with Gasteiger partial charge in [0.15, 0.2) is 0 Å². The first-order chi connectivity index (χ1) is 8.65. The molecule has 1 atom stereocenters. The minimum atomic E-state index is 0.0742. The summed E-state index contributed by atoms with van der Waals surface area (Å²) < 4.78 is 4.40. The molecule has 1 aliphatic rings. The molecule has 2 heterocycles. The molecule has 0 amide bonds. The van der Waals surface area contributed by atoms with Crippen molar-refractivity contribution in [2.75, 3.05) is 11.1 Å². The molecular formula is C13H15BrN3S+. The maximum absolute atomic E-state index is 4.72. The molecule has 0 unspecified atom stereocenters. The van der Waals surface area contributed by atoms with Crippen LogP contribution >= 0.6 is 27.7 Å². The fourth-order valence-electron chi connectivity index (χ4n) is 2.19. The Labute approximate surface area is 119 Å². The summed E-state index contributed by atoms with van der Waals surface area (Å²) in [5, 5.41) is 6.87. The fraction of sp³-hybridized carbons (Fsp3) is 0.385. The molecule has 2 aromatic rings. The number of para-hydroxylation sites is 1. The number of benzene rings is 1. The molecule has 1 aromatic carbocycles. The molecule has 3 rings (SSSR count). The number of aromatic nitrogens is 3. The number of halogens is 1. The van der Waals surface area contributed by atoms with Gasteiger partial charge in [0.25, 0.3) is 5.82 Å². The smallest absolute Gasteiger partial charge is 0.189 e. The van der Waals surface area contributed by atoms with Crippen molar-refractivity contribution in [3.63, 3.8) is 0 Å². The van der Waals surface area contributed by atoms with Gasteiger partial charge in [-0.3, -0.25) is 0 Å². The van der Waals surface area contributed by atoms with Gasteiger partial charge in [-0.15, -0.1) is 0 Å². The maximum atomic E-state index is 4.72. The van der Waals surface area contributed by atoms with E-state index in [0.717, 1.165) is 16.9 Å². The van der Waals surface area contributed by atoms with E-state index in [-0.39, 0.29) is 5.54 Å². The van der Waals surface area contributed by atoms with E-state index in [1.807, 2.05) is 17.8 Å². The molecule has 5 heteroatoms. The highest BCUT2D eigenvalue weighted by molar-refractivity contribution is 9.09. The van der Waals surface area contributed by atoms with Crippen molar-refractivity contribution in [2.45, 2.75) is 24.5 Å². The third-order valence-electron chi connectivity index (χ3n) is 3.27. The topological polar surface area (TPSA) is 21.7 Å². The highest BCUT2D eigenvalue weighted by atomic mass is 79.9. The van der Waals surface area contributed by atoms with Crippen molar-refractivity contribution >= 4 is 27.7 Å². The Morgan fingerprint density at radius 2 is 2.17 bits per heavy atom. The lowest BCUT2D eigenvalue weighted by Gasteiger charge is -2.13. The number of hydrogen-bond donors (Lipinski definition) is 0. The van der Waals surface area contributed by atoms with Crippen molar-refractivity contribution < 1.29 is 4.57 Å². The summed E-state index contributed by atoms with van der Waals surface area (Å²) in [7, 11) is 0. The normalized spacial score (nSPS) is 22.2. The van der Waals surface area contributed by atoms with E-state index in [4.69, 9.17) is 5.10 Å². The lowest BCUT2D eigenvalue weighted by Crippen LogP contribution is -2.35. The molecule has 18 heavy (non-hydrogen) atoms. The predicted molar refractivity (Wildman–Crippen MR) is 76.7 cm³/mol. The van der Waals surface area contributed by atoms with Crippen LogP contribution < -0.4 is 4.57 Å². The van der Waals surface area contributed by atoms with Gasteiger partial charge in [-0.2, -0.15) is 4.57 Å². The number of thioether (sulfide) groups is 1.